The molecule has 1 N–H and O–H groups in total. The first-order chi connectivity index (χ1) is 10.8. The van der Waals surface area contributed by atoms with Crippen LogP contribution in [0.1, 0.15) is 10.4 Å². The number of carbonyl (C=O) groups excluding carboxylic acids is 1. The Morgan fingerprint density at radius 2 is 1.55 bits per heavy atom. The first-order valence-electron chi connectivity index (χ1n) is 6.97. The summed E-state index contributed by atoms with van der Waals surface area (Å²) in [7, 11) is 0. The smallest absolute Gasteiger partial charge is 0.153 e. The topological polar surface area (TPSA) is 50.4 Å². The second-order valence-corrected chi connectivity index (χ2v) is 5.14. The Morgan fingerprint density at radius 1 is 0.818 bits per heavy atom. The summed E-state index contributed by atoms with van der Waals surface area (Å²) in [6.45, 7) is 0. The molecule has 4 aromatic rings. The average molecular weight is 288 g/mol. The number of carbonyl (C=O) groups is 1. The van der Waals surface area contributed by atoms with Crippen LogP contribution in [0, 0.1) is 0 Å². The second-order valence-electron chi connectivity index (χ2n) is 5.14. The number of phenolic OH excluding ortho intramolecular Hbond substituents is 1. The van der Waals surface area contributed by atoms with Gasteiger partial charge in [-0.05, 0) is 23.8 Å². The number of benzene rings is 3. The molecule has 22 heavy (non-hydrogen) atoms. The number of hydrogen-bond donors (Lipinski definition) is 1. The largest absolute Gasteiger partial charge is 0.507 e. The lowest BCUT2D eigenvalue weighted by atomic mass is 9.97. The van der Waals surface area contributed by atoms with Crippen molar-refractivity contribution in [1.82, 2.24) is 0 Å². The van der Waals surface area contributed by atoms with Crippen molar-refractivity contribution in [1.29, 1.82) is 0 Å². The third-order valence-electron chi connectivity index (χ3n) is 3.89. The van der Waals surface area contributed by atoms with Crippen LogP contribution in [-0.2, 0) is 0 Å². The molecule has 0 bridgehead atoms. The van der Waals surface area contributed by atoms with Crippen molar-refractivity contribution in [2.45, 2.75) is 0 Å². The van der Waals surface area contributed by atoms with Gasteiger partial charge in [0.2, 0.25) is 0 Å². The van der Waals surface area contributed by atoms with Crippen molar-refractivity contribution in [3.05, 3.63) is 66.2 Å². The summed E-state index contributed by atoms with van der Waals surface area (Å²) in [6.07, 6.45) is 0.659. The highest BCUT2D eigenvalue weighted by Gasteiger charge is 2.15. The van der Waals surface area contributed by atoms with Crippen molar-refractivity contribution in [2.24, 2.45) is 0 Å². The number of phenols is 1. The fraction of sp³-hybridized carbons (Fsp3) is 0. The number of furan rings is 1. The Hall–Kier alpha value is -3.07. The van der Waals surface area contributed by atoms with Gasteiger partial charge in [-0.2, -0.15) is 0 Å². The van der Waals surface area contributed by atoms with E-state index in [0.717, 1.165) is 27.5 Å². The van der Waals surface area contributed by atoms with Gasteiger partial charge in [-0.25, -0.2) is 0 Å². The highest BCUT2D eigenvalue weighted by molar-refractivity contribution is 6.13. The highest BCUT2D eigenvalue weighted by atomic mass is 16.3. The quantitative estimate of drug-likeness (QED) is 0.540. The van der Waals surface area contributed by atoms with Crippen LogP contribution in [0.2, 0.25) is 0 Å². The fourth-order valence-electron chi connectivity index (χ4n) is 2.87. The van der Waals surface area contributed by atoms with Gasteiger partial charge in [0.25, 0.3) is 0 Å². The minimum Gasteiger partial charge on any atom is -0.507 e. The monoisotopic (exact) mass is 288 g/mol. The fourth-order valence-corrected chi connectivity index (χ4v) is 2.87. The molecule has 4 rings (SSSR count). The Balaban J connectivity index is 2.14. The van der Waals surface area contributed by atoms with E-state index in [2.05, 4.69) is 0 Å². The van der Waals surface area contributed by atoms with Gasteiger partial charge in [0.05, 0.1) is 5.56 Å². The minimum atomic E-state index is -0.00437. The number of para-hydroxylation sites is 2. The van der Waals surface area contributed by atoms with Gasteiger partial charge < -0.3 is 9.52 Å². The molecule has 0 saturated heterocycles. The summed E-state index contributed by atoms with van der Waals surface area (Å²) < 4.78 is 5.86. The molecule has 0 amide bonds. The van der Waals surface area contributed by atoms with E-state index >= 15 is 0 Å². The highest BCUT2D eigenvalue weighted by Crippen LogP contribution is 2.40. The lowest BCUT2D eigenvalue weighted by molar-refractivity contribution is 0.112. The Kier molecular flexibility index (Phi) is 2.73. The zero-order valence-electron chi connectivity index (χ0n) is 11.6. The standard InChI is InChI=1S/C19H12O3/c20-11-12-5-3-8-14(19(12)21)13-7-4-10-17-18(13)15-6-1-2-9-16(15)22-17/h1-11,21H. The van der Waals surface area contributed by atoms with Crippen molar-refractivity contribution >= 4 is 28.2 Å². The molecule has 1 aromatic heterocycles. The summed E-state index contributed by atoms with van der Waals surface area (Å²) >= 11 is 0. The molecule has 0 aliphatic rings. The van der Waals surface area contributed by atoms with E-state index in [1.807, 2.05) is 42.5 Å². The molecule has 3 aromatic carbocycles. The van der Waals surface area contributed by atoms with Gasteiger partial charge in [-0.1, -0.05) is 42.5 Å². The summed E-state index contributed by atoms with van der Waals surface area (Å²) in [5.41, 5.74) is 3.32. The zero-order valence-corrected chi connectivity index (χ0v) is 11.6. The lowest BCUT2D eigenvalue weighted by Crippen LogP contribution is -1.86. The van der Waals surface area contributed by atoms with Gasteiger partial charge >= 0.3 is 0 Å². The number of hydrogen-bond acceptors (Lipinski definition) is 3. The van der Waals surface area contributed by atoms with Crippen molar-refractivity contribution in [3.63, 3.8) is 0 Å². The van der Waals surface area contributed by atoms with E-state index < -0.39 is 0 Å². The molecule has 106 valence electrons. The third kappa shape index (κ3) is 1.72. The average Bonchev–Trinajstić information content (AvgIpc) is 2.94. The van der Waals surface area contributed by atoms with E-state index in [9.17, 15) is 9.90 Å². The lowest BCUT2D eigenvalue weighted by Gasteiger charge is -2.08. The molecule has 0 aliphatic heterocycles. The molecule has 0 radical (unpaired) electrons. The molecule has 3 nitrogen and oxygen atoms in total. The van der Waals surface area contributed by atoms with Gasteiger partial charge in [-0.15, -0.1) is 0 Å². The Bertz CT molecular complexity index is 1010. The van der Waals surface area contributed by atoms with Crippen LogP contribution in [0.25, 0.3) is 33.1 Å². The predicted molar refractivity (Wildman–Crippen MR) is 86.2 cm³/mol. The van der Waals surface area contributed by atoms with Crippen molar-refractivity contribution in [3.8, 4) is 16.9 Å². The van der Waals surface area contributed by atoms with Crippen LogP contribution in [0.3, 0.4) is 0 Å². The van der Waals surface area contributed by atoms with Crippen LogP contribution >= 0.6 is 0 Å². The maximum Gasteiger partial charge on any atom is 0.153 e. The van der Waals surface area contributed by atoms with E-state index in [1.54, 1.807) is 18.2 Å². The van der Waals surface area contributed by atoms with Gasteiger partial charge in [0.1, 0.15) is 16.9 Å². The SMILES string of the molecule is O=Cc1cccc(-c2cccc3oc4ccccc4c23)c1O. The minimum absolute atomic E-state index is 0.00437. The molecule has 0 atom stereocenters. The zero-order chi connectivity index (χ0) is 15.1. The van der Waals surface area contributed by atoms with Crippen molar-refractivity contribution in [2.75, 3.05) is 0 Å². The normalized spacial score (nSPS) is 11.1. The van der Waals surface area contributed by atoms with Gasteiger partial charge in [0.15, 0.2) is 6.29 Å². The summed E-state index contributed by atoms with van der Waals surface area (Å²) in [4.78, 5) is 11.1. The number of aromatic hydroxyl groups is 1. The van der Waals surface area contributed by atoms with Gasteiger partial charge in [-0.3, -0.25) is 4.79 Å². The molecule has 0 spiro atoms. The third-order valence-corrected chi connectivity index (χ3v) is 3.89. The van der Waals surface area contributed by atoms with Gasteiger partial charge in [0, 0.05) is 16.3 Å². The maximum atomic E-state index is 11.1. The summed E-state index contributed by atoms with van der Waals surface area (Å²) in [5.74, 6) is -0.00437. The van der Waals surface area contributed by atoms with Crippen LogP contribution in [0.15, 0.2) is 65.1 Å². The van der Waals surface area contributed by atoms with E-state index in [-0.39, 0.29) is 11.3 Å². The summed E-state index contributed by atoms with van der Waals surface area (Å²) in [5, 5.41) is 12.3. The molecular formula is C19H12O3. The molecule has 0 unspecified atom stereocenters. The van der Waals surface area contributed by atoms with E-state index in [4.69, 9.17) is 4.42 Å². The van der Waals surface area contributed by atoms with Crippen molar-refractivity contribution < 1.29 is 14.3 Å². The number of rotatable bonds is 2. The number of fused-ring (bicyclic) bond motifs is 3. The molecule has 3 heteroatoms. The molecular weight excluding hydrogens is 276 g/mol. The van der Waals surface area contributed by atoms with Crippen LogP contribution < -0.4 is 0 Å². The van der Waals surface area contributed by atoms with E-state index in [1.165, 1.54) is 0 Å². The predicted octanol–water partition coefficient (Wildman–Crippen LogP) is 4.77. The molecule has 1 heterocycles. The Labute approximate surface area is 126 Å². The number of aldehydes is 1. The van der Waals surface area contributed by atoms with Crippen LogP contribution in [0.4, 0.5) is 0 Å². The molecule has 0 aliphatic carbocycles. The summed E-state index contributed by atoms with van der Waals surface area (Å²) in [6, 6.07) is 18.7. The molecule has 0 fully saturated rings. The second kappa shape index (κ2) is 4.74. The molecule has 0 saturated carbocycles. The maximum absolute atomic E-state index is 11.1. The Morgan fingerprint density at radius 3 is 2.41 bits per heavy atom. The van der Waals surface area contributed by atoms with Crippen LogP contribution in [0.5, 0.6) is 5.75 Å². The van der Waals surface area contributed by atoms with E-state index in [0.29, 0.717) is 11.8 Å². The first-order valence-corrected chi connectivity index (χ1v) is 6.97. The van der Waals surface area contributed by atoms with Crippen LogP contribution in [-0.4, -0.2) is 11.4 Å². The first kappa shape index (κ1) is 12.7.